The van der Waals surface area contributed by atoms with Crippen molar-refractivity contribution in [3.05, 3.63) is 35.0 Å². The highest BCUT2D eigenvalue weighted by Gasteiger charge is 2.28. The third-order valence-corrected chi connectivity index (χ3v) is 4.46. The highest BCUT2D eigenvalue weighted by Crippen LogP contribution is 2.27. The first kappa shape index (κ1) is 13.0. The van der Waals surface area contributed by atoms with Gasteiger partial charge in [0.15, 0.2) is 0 Å². The monoisotopic (exact) mass is 277 g/mol. The molecule has 0 bridgehead atoms. The van der Waals surface area contributed by atoms with Gasteiger partial charge in [-0.3, -0.25) is 4.90 Å². The molecule has 2 aromatic rings. The zero-order chi connectivity index (χ0) is 13.4. The van der Waals surface area contributed by atoms with Crippen molar-refractivity contribution in [2.45, 2.75) is 25.9 Å². The van der Waals surface area contributed by atoms with E-state index in [2.05, 4.69) is 29.1 Å². The van der Waals surface area contributed by atoms with Crippen molar-refractivity contribution in [2.75, 3.05) is 13.1 Å². The zero-order valence-corrected chi connectivity index (χ0v) is 12.0. The van der Waals surface area contributed by atoms with E-state index in [4.69, 9.17) is 17.3 Å². The van der Waals surface area contributed by atoms with Crippen LogP contribution >= 0.6 is 11.6 Å². The fourth-order valence-corrected chi connectivity index (χ4v) is 3.29. The molecule has 1 aliphatic rings. The van der Waals surface area contributed by atoms with Crippen molar-refractivity contribution in [1.29, 1.82) is 0 Å². The minimum Gasteiger partial charge on any atom is -0.361 e. The van der Waals surface area contributed by atoms with Crippen LogP contribution in [-0.4, -0.2) is 29.0 Å². The van der Waals surface area contributed by atoms with Crippen LogP contribution in [-0.2, 0) is 6.54 Å². The second kappa shape index (κ2) is 5.16. The molecular weight excluding hydrogens is 258 g/mol. The minimum atomic E-state index is 0.616. The Morgan fingerprint density at radius 1 is 1.47 bits per heavy atom. The molecule has 3 rings (SSSR count). The Hall–Kier alpha value is -1.03. The maximum Gasteiger partial charge on any atom is 0.0472 e. The standard InChI is InChI=1S/C15H20ClN3/c1-10-4-11(6-17)8-19(10)9-12-7-18-15-5-13(16)2-3-14(12)15/h2-3,5,7,10-11,18H,4,6,8-9,17H2,1H3. The molecule has 1 aromatic carbocycles. The third-order valence-electron chi connectivity index (χ3n) is 4.23. The fraction of sp³-hybridized carbons (Fsp3) is 0.467. The number of halogens is 1. The summed E-state index contributed by atoms with van der Waals surface area (Å²) in [5.41, 5.74) is 8.25. The molecule has 0 amide bonds. The first-order valence-corrected chi connectivity index (χ1v) is 7.25. The number of rotatable bonds is 3. The Labute approximate surface area is 118 Å². The van der Waals surface area contributed by atoms with E-state index in [9.17, 15) is 0 Å². The van der Waals surface area contributed by atoms with E-state index < -0.39 is 0 Å². The largest absolute Gasteiger partial charge is 0.361 e. The van der Waals surface area contributed by atoms with Crippen molar-refractivity contribution < 1.29 is 0 Å². The molecule has 4 heteroatoms. The highest BCUT2D eigenvalue weighted by atomic mass is 35.5. The van der Waals surface area contributed by atoms with Crippen LogP contribution in [0.2, 0.25) is 5.02 Å². The van der Waals surface area contributed by atoms with Gasteiger partial charge in [0, 0.05) is 41.3 Å². The van der Waals surface area contributed by atoms with E-state index in [1.165, 1.54) is 17.4 Å². The number of fused-ring (bicyclic) bond motifs is 1. The molecule has 1 fully saturated rings. The molecule has 0 radical (unpaired) electrons. The molecule has 2 heterocycles. The zero-order valence-electron chi connectivity index (χ0n) is 11.2. The predicted octanol–water partition coefficient (Wildman–Crippen LogP) is 2.99. The molecule has 1 saturated heterocycles. The summed E-state index contributed by atoms with van der Waals surface area (Å²) in [6.45, 7) is 5.18. The average molecular weight is 278 g/mol. The van der Waals surface area contributed by atoms with Gasteiger partial charge in [-0.2, -0.15) is 0 Å². The van der Waals surface area contributed by atoms with E-state index in [0.29, 0.717) is 12.0 Å². The molecule has 102 valence electrons. The second-order valence-electron chi connectivity index (χ2n) is 5.62. The predicted molar refractivity (Wildman–Crippen MR) is 80.3 cm³/mol. The van der Waals surface area contributed by atoms with Crippen molar-refractivity contribution in [1.82, 2.24) is 9.88 Å². The Morgan fingerprint density at radius 3 is 3.05 bits per heavy atom. The Morgan fingerprint density at radius 2 is 2.32 bits per heavy atom. The van der Waals surface area contributed by atoms with Gasteiger partial charge in [0.25, 0.3) is 0 Å². The van der Waals surface area contributed by atoms with E-state index in [-0.39, 0.29) is 0 Å². The number of nitrogens with one attached hydrogen (secondary N) is 1. The average Bonchev–Trinajstić information content (AvgIpc) is 2.94. The summed E-state index contributed by atoms with van der Waals surface area (Å²) in [6.07, 6.45) is 3.31. The number of aromatic nitrogens is 1. The fourth-order valence-electron chi connectivity index (χ4n) is 3.12. The Kier molecular flexibility index (Phi) is 3.52. The Bertz CT molecular complexity index is 578. The maximum absolute atomic E-state index is 6.02. The Balaban J connectivity index is 1.82. The van der Waals surface area contributed by atoms with Gasteiger partial charge in [-0.1, -0.05) is 17.7 Å². The van der Waals surface area contributed by atoms with E-state index in [0.717, 1.165) is 30.2 Å². The second-order valence-corrected chi connectivity index (χ2v) is 6.06. The lowest BCUT2D eigenvalue weighted by molar-refractivity contribution is 0.257. The SMILES string of the molecule is CC1CC(CN)CN1Cc1c[nH]c2cc(Cl)ccc12. The van der Waals surface area contributed by atoms with Crippen LogP contribution < -0.4 is 5.73 Å². The summed E-state index contributed by atoms with van der Waals surface area (Å²) in [6, 6.07) is 6.66. The molecule has 2 unspecified atom stereocenters. The topological polar surface area (TPSA) is 45.0 Å². The summed E-state index contributed by atoms with van der Waals surface area (Å²) < 4.78 is 0. The van der Waals surface area contributed by atoms with E-state index in [1.807, 2.05) is 12.1 Å². The summed E-state index contributed by atoms with van der Waals surface area (Å²) in [7, 11) is 0. The van der Waals surface area contributed by atoms with E-state index in [1.54, 1.807) is 0 Å². The summed E-state index contributed by atoms with van der Waals surface area (Å²) in [5.74, 6) is 0.648. The molecule has 0 spiro atoms. The number of nitrogens with two attached hydrogens (primary N) is 1. The van der Waals surface area contributed by atoms with Gasteiger partial charge in [0.2, 0.25) is 0 Å². The lowest BCUT2D eigenvalue weighted by Gasteiger charge is -2.20. The summed E-state index contributed by atoms with van der Waals surface area (Å²) in [4.78, 5) is 5.83. The van der Waals surface area contributed by atoms with E-state index >= 15 is 0 Å². The number of nitrogens with zero attached hydrogens (tertiary/aromatic N) is 1. The van der Waals surface area contributed by atoms with Crippen LogP contribution in [0.25, 0.3) is 10.9 Å². The lowest BCUT2D eigenvalue weighted by atomic mass is 10.1. The van der Waals surface area contributed by atoms with Gasteiger partial charge in [0.05, 0.1) is 0 Å². The number of benzene rings is 1. The van der Waals surface area contributed by atoms with Crippen LogP contribution in [0.1, 0.15) is 18.9 Å². The molecule has 3 N–H and O–H groups in total. The molecule has 1 aliphatic heterocycles. The maximum atomic E-state index is 6.02. The van der Waals surface area contributed by atoms with Gasteiger partial charge in [-0.15, -0.1) is 0 Å². The molecule has 2 atom stereocenters. The number of hydrogen-bond acceptors (Lipinski definition) is 2. The van der Waals surface area contributed by atoms with Gasteiger partial charge in [-0.25, -0.2) is 0 Å². The first-order chi connectivity index (χ1) is 9.17. The molecule has 1 aromatic heterocycles. The highest BCUT2D eigenvalue weighted by molar-refractivity contribution is 6.31. The smallest absolute Gasteiger partial charge is 0.0472 e. The van der Waals surface area contributed by atoms with Crippen molar-refractivity contribution in [3.8, 4) is 0 Å². The minimum absolute atomic E-state index is 0.616. The molecule has 3 nitrogen and oxygen atoms in total. The number of hydrogen-bond donors (Lipinski definition) is 2. The van der Waals surface area contributed by atoms with Crippen LogP contribution in [0.3, 0.4) is 0 Å². The molecule has 0 saturated carbocycles. The summed E-state index contributed by atoms with van der Waals surface area (Å²) >= 11 is 6.02. The van der Waals surface area contributed by atoms with Gasteiger partial charge >= 0.3 is 0 Å². The van der Waals surface area contributed by atoms with Crippen molar-refractivity contribution in [3.63, 3.8) is 0 Å². The van der Waals surface area contributed by atoms with Crippen LogP contribution in [0.5, 0.6) is 0 Å². The van der Waals surface area contributed by atoms with Crippen molar-refractivity contribution in [2.24, 2.45) is 11.7 Å². The van der Waals surface area contributed by atoms with Gasteiger partial charge in [-0.05, 0) is 43.5 Å². The normalized spacial score (nSPS) is 24.4. The first-order valence-electron chi connectivity index (χ1n) is 6.87. The van der Waals surface area contributed by atoms with Crippen molar-refractivity contribution >= 4 is 22.5 Å². The quantitative estimate of drug-likeness (QED) is 0.906. The molecule has 19 heavy (non-hydrogen) atoms. The summed E-state index contributed by atoms with van der Waals surface area (Å²) in [5, 5.41) is 2.05. The molecule has 0 aliphatic carbocycles. The van der Waals surface area contributed by atoms with Crippen LogP contribution in [0.4, 0.5) is 0 Å². The van der Waals surface area contributed by atoms with Crippen LogP contribution in [0, 0.1) is 5.92 Å². The number of aromatic amines is 1. The number of likely N-dealkylation sites (tertiary alicyclic amines) is 1. The van der Waals surface area contributed by atoms with Gasteiger partial charge < -0.3 is 10.7 Å². The number of H-pyrrole nitrogens is 1. The van der Waals surface area contributed by atoms with Gasteiger partial charge in [0.1, 0.15) is 0 Å². The molecular formula is C15H20ClN3. The lowest BCUT2D eigenvalue weighted by Crippen LogP contribution is -2.27. The van der Waals surface area contributed by atoms with Crippen LogP contribution in [0.15, 0.2) is 24.4 Å². The third kappa shape index (κ3) is 2.50.